The Morgan fingerprint density at radius 2 is 1.78 bits per heavy atom. The second-order valence-corrected chi connectivity index (χ2v) is 4.78. The molecular formula is C14H13BrO3. The Kier molecular flexibility index (Phi) is 4.23. The molecule has 18 heavy (non-hydrogen) atoms. The van der Waals surface area contributed by atoms with Gasteiger partial charge < -0.3 is 14.9 Å². The Labute approximate surface area is 114 Å². The molecule has 0 aliphatic heterocycles. The molecule has 2 aromatic rings. The Hall–Kier alpha value is -1.52. The fraction of sp³-hybridized carbons (Fsp3) is 0.143. The second-order valence-electron chi connectivity index (χ2n) is 3.87. The number of benzene rings is 2. The normalized spacial score (nSPS) is 10.3. The van der Waals surface area contributed by atoms with Gasteiger partial charge in [-0.2, -0.15) is 0 Å². The number of aromatic hydroxyl groups is 1. The van der Waals surface area contributed by atoms with Gasteiger partial charge >= 0.3 is 0 Å². The van der Waals surface area contributed by atoms with Gasteiger partial charge in [-0.05, 0) is 35.9 Å². The molecule has 3 nitrogen and oxygen atoms in total. The molecule has 0 aliphatic carbocycles. The highest BCUT2D eigenvalue weighted by molar-refractivity contribution is 9.10. The summed E-state index contributed by atoms with van der Waals surface area (Å²) in [5, 5.41) is 18.4. The van der Waals surface area contributed by atoms with E-state index >= 15 is 0 Å². The number of ether oxygens (including phenoxy) is 1. The Balaban J connectivity index is 2.08. The number of aliphatic hydroxyl groups excluding tert-OH is 1. The first-order valence-electron chi connectivity index (χ1n) is 5.49. The zero-order chi connectivity index (χ0) is 13.0. The largest absolute Gasteiger partial charge is 0.508 e. The lowest BCUT2D eigenvalue weighted by Crippen LogP contribution is -1.98. The molecule has 0 heterocycles. The third-order valence-electron chi connectivity index (χ3n) is 2.52. The molecule has 0 atom stereocenters. The van der Waals surface area contributed by atoms with Crippen LogP contribution in [0.25, 0.3) is 0 Å². The number of hydrogen-bond donors (Lipinski definition) is 2. The van der Waals surface area contributed by atoms with Crippen LogP contribution in [-0.2, 0) is 13.2 Å². The van der Waals surface area contributed by atoms with Gasteiger partial charge in [0.05, 0.1) is 6.61 Å². The minimum atomic E-state index is -0.0651. The Morgan fingerprint density at radius 3 is 2.44 bits per heavy atom. The number of phenols is 1. The summed E-state index contributed by atoms with van der Waals surface area (Å²) >= 11 is 3.35. The zero-order valence-corrected chi connectivity index (χ0v) is 11.2. The Bertz CT molecular complexity index is 523. The highest BCUT2D eigenvalue weighted by Gasteiger charge is 2.04. The molecule has 0 fully saturated rings. The maximum absolute atomic E-state index is 9.24. The van der Waals surface area contributed by atoms with Crippen LogP contribution >= 0.6 is 15.9 Å². The third kappa shape index (κ3) is 3.24. The molecular weight excluding hydrogens is 296 g/mol. The first-order chi connectivity index (χ1) is 8.69. The third-order valence-corrected chi connectivity index (χ3v) is 3.02. The summed E-state index contributed by atoms with van der Waals surface area (Å²) in [7, 11) is 0. The molecule has 0 radical (unpaired) electrons. The molecule has 0 bridgehead atoms. The molecule has 0 aliphatic rings. The van der Waals surface area contributed by atoms with Gasteiger partial charge in [-0.3, -0.25) is 0 Å². The van der Waals surface area contributed by atoms with Crippen molar-refractivity contribution in [2.24, 2.45) is 0 Å². The summed E-state index contributed by atoms with van der Waals surface area (Å²) in [6.07, 6.45) is 0. The maximum atomic E-state index is 9.24. The van der Waals surface area contributed by atoms with Crippen molar-refractivity contribution in [2.75, 3.05) is 0 Å². The van der Waals surface area contributed by atoms with E-state index in [1.165, 1.54) is 0 Å². The molecule has 0 unspecified atom stereocenters. The van der Waals surface area contributed by atoms with Crippen LogP contribution in [0.4, 0.5) is 0 Å². The summed E-state index contributed by atoms with van der Waals surface area (Å²) in [6.45, 7) is 0.333. The highest BCUT2D eigenvalue weighted by atomic mass is 79.9. The quantitative estimate of drug-likeness (QED) is 0.911. The SMILES string of the molecule is OCc1cc(Br)ccc1OCc1ccc(O)cc1. The van der Waals surface area contributed by atoms with E-state index in [4.69, 9.17) is 4.74 Å². The molecule has 0 saturated heterocycles. The molecule has 2 N–H and O–H groups in total. The van der Waals surface area contributed by atoms with Gasteiger partial charge in [0.1, 0.15) is 18.1 Å². The van der Waals surface area contributed by atoms with Crippen LogP contribution in [-0.4, -0.2) is 10.2 Å². The summed E-state index contributed by atoms with van der Waals surface area (Å²) < 4.78 is 6.55. The number of phenolic OH excluding ortho intramolecular Hbond substituents is 1. The van der Waals surface area contributed by atoms with E-state index < -0.39 is 0 Å². The van der Waals surface area contributed by atoms with Crippen molar-refractivity contribution >= 4 is 15.9 Å². The lowest BCUT2D eigenvalue weighted by atomic mass is 10.2. The second kappa shape index (κ2) is 5.89. The van der Waals surface area contributed by atoms with E-state index in [0.717, 1.165) is 15.6 Å². The fourth-order valence-corrected chi connectivity index (χ4v) is 1.97. The van der Waals surface area contributed by atoms with Crippen molar-refractivity contribution in [3.63, 3.8) is 0 Å². The van der Waals surface area contributed by atoms with Crippen LogP contribution in [0, 0.1) is 0 Å². The smallest absolute Gasteiger partial charge is 0.125 e. The lowest BCUT2D eigenvalue weighted by molar-refractivity contribution is 0.259. The van der Waals surface area contributed by atoms with Gasteiger partial charge in [-0.15, -0.1) is 0 Å². The van der Waals surface area contributed by atoms with Crippen LogP contribution < -0.4 is 4.74 Å². The van der Waals surface area contributed by atoms with E-state index in [9.17, 15) is 10.2 Å². The van der Waals surface area contributed by atoms with Crippen LogP contribution in [0.2, 0.25) is 0 Å². The average molecular weight is 309 g/mol. The molecule has 0 saturated carbocycles. The molecule has 0 spiro atoms. The summed E-state index contributed by atoms with van der Waals surface area (Å²) in [5.74, 6) is 0.896. The molecule has 2 rings (SSSR count). The zero-order valence-electron chi connectivity index (χ0n) is 9.64. The maximum Gasteiger partial charge on any atom is 0.125 e. The number of rotatable bonds is 4. The van der Waals surface area contributed by atoms with Crippen molar-refractivity contribution in [3.8, 4) is 11.5 Å². The summed E-state index contributed by atoms with van der Waals surface area (Å²) in [5.41, 5.74) is 1.70. The number of hydrogen-bond acceptors (Lipinski definition) is 3. The summed E-state index contributed by atoms with van der Waals surface area (Å²) in [6, 6.07) is 12.3. The average Bonchev–Trinajstić information content (AvgIpc) is 2.39. The predicted octanol–water partition coefficient (Wildman–Crippen LogP) is 3.23. The van der Waals surface area contributed by atoms with Crippen LogP contribution in [0.15, 0.2) is 46.9 Å². The van der Waals surface area contributed by atoms with Gasteiger partial charge in [-0.25, -0.2) is 0 Å². The van der Waals surface area contributed by atoms with Crippen molar-refractivity contribution in [2.45, 2.75) is 13.2 Å². The van der Waals surface area contributed by atoms with Gasteiger partial charge in [0.25, 0.3) is 0 Å². The van der Waals surface area contributed by atoms with Gasteiger partial charge in [0.15, 0.2) is 0 Å². The Morgan fingerprint density at radius 1 is 1.06 bits per heavy atom. The minimum Gasteiger partial charge on any atom is -0.508 e. The molecule has 94 valence electrons. The van der Waals surface area contributed by atoms with Gasteiger partial charge in [-0.1, -0.05) is 28.1 Å². The van der Waals surface area contributed by atoms with E-state index in [1.807, 2.05) is 18.2 Å². The molecule has 4 heteroatoms. The first-order valence-corrected chi connectivity index (χ1v) is 6.28. The summed E-state index contributed by atoms with van der Waals surface area (Å²) in [4.78, 5) is 0. The van der Waals surface area contributed by atoms with E-state index in [-0.39, 0.29) is 12.4 Å². The van der Waals surface area contributed by atoms with Gasteiger partial charge in [0, 0.05) is 10.0 Å². The molecule has 2 aromatic carbocycles. The van der Waals surface area contributed by atoms with Crippen LogP contribution in [0.5, 0.6) is 11.5 Å². The molecule has 0 amide bonds. The van der Waals surface area contributed by atoms with Gasteiger partial charge in [0.2, 0.25) is 0 Å². The van der Waals surface area contributed by atoms with Crippen molar-refractivity contribution in [1.82, 2.24) is 0 Å². The molecule has 0 aromatic heterocycles. The van der Waals surface area contributed by atoms with E-state index in [2.05, 4.69) is 15.9 Å². The number of halogens is 1. The monoisotopic (exact) mass is 308 g/mol. The van der Waals surface area contributed by atoms with Crippen molar-refractivity contribution in [1.29, 1.82) is 0 Å². The highest BCUT2D eigenvalue weighted by Crippen LogP contribution is 2.24. The standard InChI is InChI=1S/C14H13BrO3/c15-12-3-6-14(11(7-12)8-16)18-9-10-1-4-13(17)5-2-10/h1-7,16-17H,8-9H2. The van der Waals surface area contributed by atoms with Crippen LogP contribution in [0.1, 0.15) is 11.1 Å². The predicted molar refractivity (Wildman–Crippen MR) is 72.5 cm³/mol. The van der Waals surface area contributed by atoms with Crippen LogP contribution in [0.3, 0.4) is 0 Å². The van der Waals surface area contributed by atoms with Crippen molar-refractivity contribution in [3.05, 3.63) is 58.1 Å². The minimum absolute atomic E-state index is 0.0651. The van der Waals surface area contributed by atoms with E-state index in [1.54, 1.807) is 24.3 Å². The topological polar surface area (TPSA) is 49.7 Å². The fourth-order valence-electron chi connectivity index (χ4n) is 1.57. The lowest BCUT2D eigenvalue weighted by Gasteiger charge is -2.10. The number of aliphatic hydroxyl groups is 1. The van der Waals surface area contributed by atoms with E-state index in [0.29, 0.717) is 12.4 Å². The first kappa shape index (κ1) is 12.9. The van der Waals surface area contributed by atoms with Crippen molar-refractivity contribution < 1.29 is 14.9 Å².